The molecule has 2 aromatic carbocycles. The molecular formula is C25H26N4O2. The predicted octanol–water partition coefficient (Wildman–Crippen LogP) is 4.25. The van der Waals surface area contributed by atoms with Gasteiger partial charge in [0.2, 0.25) is 0 Å². The van der Waals surface area contributed by atoms with Gasteiger partial charge in [0, 0.05) is 49.0 Å². The Labute approximate surface area is 182 Å². The van der Waals surface area contributed by atoms with Gasteiger partial charge in [0.25, 0.3) is 11.8 Å². The maximum atomic E-state index is 13.1. The van der Waals surface area contributed by atoms with E-state index >= 15 is 0 Å². The Balaban J connectivity index is 1.56. The van der Waals surface area contributed by atoms with Crippen molar-refractivity contribution in [1.82, 2.24) is 10.3 Å². The predicted molar refractivity (Wildman–Crippen MR) is 122 cm³/mol. The quantitative estimate of drug-likeness (QED) is 0.632. The highest BCUT2D eigenvalue weighted by Crippen LogP contribution is 2.27. The van der Waals surface area contributed by atoms with Gasteiger partial charge in [-0.05, 0) is 61.2 Å². The van der Waals surface area contributed by atoms with E-state index in [0.29, 0.717) is 23.4 Å². The number of carbonyl (C=O) groups is 2. The molecule has 3 aromatic rings. The zero-order valence-electron chi connectivity index (χ0n) is 17.4. The minimum Gasteiger partial charge on any atom is -0.371 e. The summed E-state index contributed by atoms with van der Waals surface area (Å²) in [5, 5.41) is 5.90. The number of carbonyl (C=O) groups excluding carboxylic acids is 2. The third-order valence-electron chi connectivity index (χ3n) is 5.41. The van der Waals surface area contributed by atoms with Crippen LogP contribution in [0, 0.1) is 0 Å². The molecule has 158 valence electrons. The Bertz CT molecular complexity index is 1030. The molecule has 0 spiro atoms. The van der Waals surface area contributed by atoms with Gasteiger partial charge in [0.05, 0.1) is 5.56 Å². The van der Waals surface area contributed by atoms with E-state index in [2.05, 4.69) is 20.5 Å². The molecule has 1 aliphatic heterocycles. The second-order valence-corrected chi connectivity index (χ2v) is 7.64. The molecule has 1 fully saturated rings. The van der Waals surface area contributed by atoms with Crippen LogP contribution in [0.5, 0.6) is 0 Å². The third kappa shape index (κ3) is 5.28. The lowest BCUT2D eigenvalue weighted by Gasteiger charge is -2.30. The van der Waals surface area contributed by atoms with Crippen molar-refractivity contribution < 1.29 is 9.59 Å². The van der Waals surface area contributed by atoms with Gasteiger partial charge >= 0.3 is 0 Å². The highest BCUT2D eigenvalue weighted by atomic mass is 16.2. The van der Waals surface area contributed by atoms with E-state index in [0.717, 1.165) is 37.2 Å². The first-order valence-electron chi connectivity index (χ1n) is 10.6. The van der Waals surface area contributed by atoms with Crippen molar-refractivity contribution in [2.24, 2.45) is 0 Å². The molecule has 2 heterocycles. The lowest BCUT2D eigenvalue weighted by Crippen LogP contribution is -2.32. The monoisotopic (exact) mass is 414 g/mol. The van der Waals surface area contributed by atoms with Gasteiger partial charge in [-0.2, -0.15) is 0 Å². The number of hydrogen-bond acceptors (Lipinski definition) is 4. The number of aromatic nitrogens is 1. The number of nitrogens with one attached hydrogen (secondary N) is 2. The van der Waals surface area contributed by atoms with Gasteiger partial charge < -0.3 is 15.5 Å². The van der Waals surface area contributed by atoms with Crippen LogP contribution in [0.15, 0.2) is 73.1 Å². The highest BCUT2D eigenvalue weighted by Gasteiger charge is 2.20. The average Bonchev–Trinajstić information content (AvgIpc) is 2.84. The fourth-order valence-corrected chi connectivity index (χ4v) is 3.78. The maximum absolute atomic E-state index is 13.1. The summed E-state index contributed by atoms with van der Waals surface area (Å²) in [6, 6.07) is 18.4. The Kier molecular flexibility index (Phi) is 6.57. The standard InChI is InChI=1S/C25H26N4O2/c30-24(20-9-3-1-4-10-20)28-21-11-12-23(29-14-5-2-6-15-29)22(16-21)25(31)27-18-19-8-7-13-26-17-19/h1,3-4,7-13,16-17H,2,5-6,14-15,18H2,(H,27,31)(H,28,30). The van der Waals surface area contributed by atoms with Crippen molar-refractivity contribution in [2.75, 3.05) is 23.3 Å². The Morgan fingerprint density at radius 3 is 2.45 bits per heavy atom. The molecule has 4 rings (SSSR count). The Morgan fingerprint density at radius 2 is 1.71 bits per heavy atom. The minimum absolute atomic E-state index is 0.166. The fraction of sp³-hybridized carbons (Fsp3) is 0.240. The minimum atomic E-state index is -0.201. The zero-order chi connectivity index (χ0) is 21.5. The summed E-state index contributed by atoms with van der Waals surface area (Å²) >= 11 is 0. The highest BCUT2D eigenvalue weighted by molar-refractivity contribution is 6.06. The molecule has 2 amide bonds. The summed E-state index contributed by atoms with van der Waals surface area (Å²) in [6.45, 7) is 2.25. The van der Waals surface area contributed by atoms with E-state index in [4.69, 9.17) is 0 Å². The number of rotatable bonds is 6. The van der Waals surface area contributed by atoms with Crippen LogP contribution >= 0.6 is 0 Å². The molecule has 0 atom stereocenters. The van der Waals surface area contributed by atoms with Crippen molar-refractivity contribution in [1.29, 1.82) is 0 Å². The molecule has 2 N–H and O–H groups in total. The summed E-state index contributed by atoms with van der Waals surface area (Å²) in [6.07, 6.45) is 6.89. The second kappa shape index (κ2) is 9.89. The maximum Gasteiger partial charge on any atom is 0.255 e. The number of pyridine rings is 1. The van der Waals surface area contributed by atoms with Gasteiger partial charge in [-0.3, -0.25) is 14.6 Å². The molecule has 0 aliphatic carbocycles. The van der Waals surface area contributed by atoms with Crippen molar-refractivity contribution >= 4 is 23.2 Å². The summed E-state index contributed by atoms with van der Waals surface area (Å²) < 4.78 is 0. The fourth-order valence-electron chi connectivity index (χ4n) is 3.78. The van der Waals surface area contributed by atoms with Crippen LogP contribution < -0.4 is 15.5 Å². The van der Waals surface area contributed by atoms with Gasteiger partial charge in [-0.25, -0.2) is 0 Å². The molecule has 1 aromatic heterocycles. The number of nitrogens with zero attached hydrogens (tertiary/aromatic N) is 2. The molecule has 31 heavy (non-hydrogen) atoms. The van der Waals surface area contributed by atoms with E-state index in [1.54, 1.807) is 30.6 Å². The van der Waals surface area contributed by atoms with Crippen LogP contribution in [-0.4, -0.2) is 29.9 Å². The van der Waals surface area contributed by atoms with Gasteiger partial charge in [-0.15, -0.1) is 0 Å². The zero-order valence-corrected chi connectivity index (χ0v) is 17.4. The molecule has 1 aliphatic rings. The summed E-state index contributed by atoms with van der Waals surface area (Å²) in [5.74, 6) is -0.367. The largest absolute Gasteiger partial charge is 0.371 e. The Morgan fingerprint density at radius 1 is 0.903 bits per heavy atom. The first-order chi connectivity index (χ1) is 15.2. The normalized spacial score (nSPS) is 13.5. The van der Waals surface area contributed by atoms with E-state index in [1.807, 2.05) is 42.5 Å². The molecular weight excluding hydrogens is 388 g/mol. The van der Waals surface area contributed by atoms with Crippen LogP contribution in [0.2, 0.25) is 0 Å². The van der Waals surface area contributed by atoms with Crippen LogP contribution in [0.3, 0.4) is 0 Å². The smallest absolute Gasteiger partial charge is 0.255 e. The van der Waals surface area contributed by atoms with Crippen LogP contribution in [0.25, 0.3) is 0 Å². The first kappa shape index (κ1) is 20.6. The molecule has 0 radical (unpaired) electrons. The second-order valence-electron chi connectivity index (χ2n) is 7.64. The van der Waals surface area contributed by atoms with Crippen molar-refractivity contribution in [3.05, 3.63) is 89.7 Å². The van der Waals surface area contributed by atoms with Gasteiger partial charge in [0.15, 0.2) is 0 Å². The van der Waals surface area contributed by atoms with Crippen molar-refractivity contribution in [2.45, 2.75) is 25.8 Å². The van der Waals surface area contributed by atoms with Crippen LogP contribution in [0.4, 0.5) is 11.4 Å². The van der Waals surface area contributed by atoms with Crippen LogP contribution in [0.1, 0.15) is 45.5 Å². The van der Waals surface area contributed by atoms with E-state index in [-0.39, 0.29) is 11.8 Å². The van der Waals surface area contributed by atoms with E-state index < -0.39 is 0 Å². The molecule has 0 bridgehead atoms. The molecule has 6 heteroatoms. The van der Waals surface area contributed by atoms with Crippen molar-refractivity contribution in [3.63, 3.8) is 0 Å². The number of piperidine rings is 1. The van der Waals surface area contributed by atoms with Gasteiger partial charge in [0.1, 0.15) is 0 Å². The summed E-state index contributed by atoms with van der Waals surface area (Å²) in [7, 11) is 0. The summed E-state index contributed by atoms with van der Waals surface area (Å²) in [4.78, 5) is 32.0. The SMILES string of the molecule is O=C(Nc1ccc(N2CCCCC2)c(C(=O)NCc2cccnc2)c1)c1ccccc1. The number of amides is 2. The molecule has 0 unspecified atom stereocenters. The third-order valence-corrected chi connectivity index (χ3v) is 5.41. The lowest BCUT2D eigenvalue weighted by molar-refractivity contribution is 0.0950. The number of hydrogen-bond donors (Lipinski definition) is 2. The molecule has 6 nitrogen and oxygen atoms in total. The van der Waals surface area contributed by atoms with Gasteiger partial charge in [-0.1, -0.05) is 24.3 Å². The first-order valence-corrected chi connectivity index (χ1v) is 10.6. The number of benzene rings is 2. The topological polar surface area (TPSA) is 74.3 Å². The number of anilines is 2. The average molecular weight is 415 g/mol. The summed E-state index contributed by atoms with van der Waals surface area (Å²) in [5.41, 5.74) is 3.58. The van der Waals surface area contributed by atoms with E-state index in [1.165, 1.54) is 6.42 Å². The van der Waals surface area contributed by atoms with Crippen LogP contribution in [-0.2, 0) is 6.54 Å². The van der Waals surface area contributed by atoms with E-state index in [9.17, 15) is 9.59 Å². The molecule has 1 saturated heterocycles. The Hall–Kier alpha value is -3.67. The molecule has 0 saturated carbocycles. The lowest BCUT2D eigenvalue weighted by atomic mass is 10.1. The van der Waals surface area contributed by atoms with Crippen molar-refractivity contribution in [3.8, 4) is 0 Å².